The molecule has 4 aliphatic rings. The molecule has 4 bridgehead atoms. The number of aromatic nitrogens is 8. The van der Waals surface area contributed by atoms with Crippen molar-refractivity contribution >= 4 is 40.9 Å². The van der Waals surface area contributed by atoms with Crippen molar-refractivity contribution in [2.24, 2.45) is 0 Å². The molecule has 0 aromatic carbocycles. The van der Waals surface area contributed by atoms with E-state index in [4.69, 9.17) is 56.6 Å². The Morgan fingerprint density at radius 2 is 1.59 bits per heavy atom. The molecule has 69 heavy (non-hydrogen) atoms. The van der Waals surface area contributed by atoms with E-state index >= 15 is 0 Å². The highest BCUT2D eigenvalue weighted by Crippen LogP contribution is 2.57. The second-order valence-corrected chi connectivity index (χ2v) is 20.4. The summed E-state index contributed by atoms with van der Waals surface area (Å²) in [7, 11) is -15.4. The molecule has 0 radical (unpaired) electrons. The largest absolute Gasteiger partial charge is 0.570 e. The van der Waals surface area contributed by atoms with E-state index in [1.165, 1.54) is 27.0 Å². The summed E-state index contributed by atoms with van der Waals surface area (Å²) in [4.78, 5) is 122. The van der Waals surface area contributed by atoms with Crippen molar-refractivity contribution in [2.45, 2.75) is 108 Å². The lowest BCUT2D eigenvalue weighted by Gasteiger charge is -2.25. The summed E-state index contributed by atoms with van der Waals surface area (Å²) in [6.45, 7) is 0.898. The molecule has 8 rings (SSSR count). The monoisotopic (exact) mass is 1040 g/mol. The highest BCUT2D eigenvalue weighted by Gasteiger charge is 2.55. The number of aryl methyl sites for hydroxylation is 1. The van der Waals surface area contributed by atoms with E-state index in [0.717, 1.165) is 26.2 Å². The molecule has 4 aliphatic heterocycles. The van der Waals surface area contributed by atoms with Gasteiger partial charge in [-0.25, -0.2) is 23.7 Å². The standard InChI is InChI=1S/C34H46N9O23P3/c1-14(2)63-69(54,55)65-18-5-23-42-7-16(29(46)40-34(42)49)8-56-13-57-9-19-17(4-22(60-19)41-6-15(3)28(45)39-33(41)48)64-67(50,51)59-11-21-26(66-68(52,53)58-10-20(18)61-23)25(44)31(62-21)43-12-36-24-27(43)37-32(35)38-30(24)47/h6-7,12,14,17-23,25-26,31,44,50-51H,4-5,8-11,13H2,1-3H3,(H6-,35,37,38,39,40,45,46,47,48,49,52,53,54,55)/p+1/t17-,18-,19+,20+,21+,22+,23+,25+,26+,31+/m0/s1. The maximum Gasteiger partial charge on any atom is 0.570 e. The summed E-state index contributed by atoms with van der Waals surface area (Å²) in [5.74, 6) is -0.361. The maximum absolute atomic E-state index is 13.8. The Hall–Kier alpha value is -4.24. The Morgan fingerprint density at radius 1 is 0.899 bits per heavy atom. The number of hydrogen-bond acceptors (Lipinski definition) is 24. The van der Waals surface area contributed by atoms with Crippen molar-refractivity contribution in [3.63, 3.8) is 0 Å². The fourth-order valence-corrected chi connectivity index (χ4v) is 10.9. The van der Waals surface area contributed by atoms with Crippen LogP contribution in [0.25, 0.3) is 11.2 Å². The Balaban J connectivity index is 1.12. The molecule has 2 unspecified atom stereocenters. The van der Waals surface area contributed by atoms with E-state index in [2.05, 4.69) is 24.9 Å². The van der Waals surface area contributed by atoms with Crippen LogP contribution >= 0.6 is 23.8 Å². The molecule has 35 heteroatoms. The van der Waals surface area contributed by atoms with Crippen LogP contribution in [-0.4, -0.2) is 139 Å². The number of aliphatic hydroxyl groups is 1. The number of anilines is 1. The summed E-state index contributed by atoms with van der Waals surface area (Å²) in [5.41, 5.74) is 1.04. The van der Waals surface area contributed by atoms with E-state index in [0.29, 0.717) is 0 Å². The van der Waals surface area contributed by atoms with E-state index in [9.17, 15) is 57.8 Å². The summed E-state index contributed by atoms with van der Waals surface area (Å²) >= 11 is 0. The highest BCUT2D eigenvalue weighted by atomic mass is 31.2. The quantitative estimate of drug-likeness (QED) is 0.0936. The zero-order valence-electron chi connectivity index (χ0n) is 36.3. The molecule has 3 saturated heterocycles. The minimum atomic E-state index is -5.47. The predicted molar refractivity (Wildman–Crippen MR) is 226 cm³/mol. The summed E-state index contributed by atoms with van der Waals surface area (Å²) in [6, 6.07) is 0. The average Bonchev–Trinajstić information content (AvgIpc) is 4.02. The zero-order valence-corrected chi connectivity index (χ0v) is 39.0. The average molecular weight is 1040 g/mol. The van der Waals surface area contributed by atoms with Crippen LogP contribution < -0.4 is 33.8 Å². The van der Waals surface area contributed by atoms with Gasteiger partial charge in [0.2, 0.25) is 5.95 Å². The van der Waals surface area contributed by atoms with Crippen LogP contribution in [0.5, 0.6) is 0 Å². The number of nitrogens with two attached hydrogens (primary N) is 1. The number of imidazole rings is 1. The summed E-state index contributed by atoms with van der Waals surface area (Å²) in [5, 5.41) is 11.7. The third kappa shape index (κ3) is 11.6. The molecule has 8 heterocycles. The Morgan fingerprint density at radius 3 is 2.33 bits per heavy atom. The van der Waals surface area contributed by atoms with Crippen LogP contribution in [0.2, 0.25) is 0 Å². The first-order valence-corrected chi connectivity index (χ1v) is 25.2. The Bertz CT molecular complexity index is 2940. The maximum atomic E-state index is 13.8. The van der Waals surface area contributed by atoms with Gasteiger partial charge in [-0.1, -0.05) is 0 Å². The van der Waals surface area contributed by atoms with Gasteiger partial charge in [-0.2, -0.15) is 19.3 Å². The lowest BCUT2D eigenvalue weighted by molar-refractivity contribution is -0.116. The van der Waals surface area contributed by atoms with E-state index in [1.807, 2.05) is 0 Å². The van der Waals surface area contributed by atoms with Crippen LogP contribution in [0, 0.1) is 6.92 Å². The van der Waals surface area contributed by atoms with Crippen LogP contribution in [0.15, 0.2) is 42.7 Å². The summed E-state index contributed by atoms with van der Waals surface area (Å²) < 4.78 is 91.0. The van der Waals surface area contributed by atoms with Gasteiger partial charge in [-0.3, -0.25) is 61.1 Å². The van der Waals surface area contributed by atoms with Gasteiger partial charge in [-0.05, 0) is 20.8 Å². The molecule has 0 amide bonds. The summed E-state index contributed by atoms with van der Waals surface area (Å²) in [6.07, 6.45) is -13.8. The van der Waals surface area contributed by atoms with Crippen molar-refractivity contribution in [3.05, 3.63) is 81.9 Å². The second-order valence-electron chi connectivity index (χ2n) is 16.2. The molecular formula is C34H47N9O23P3+. The number of nitrogens with zero attached hydrogens (tertiary/aromatic N) is 5. The molecule has 4 aromatic rings. The molecule has 10 N–H and O–H groups in total. The molecular weight excluding hydrogens is 995 g/mol. The number of H-pyrrole nitrogens is 3. The molecule has 32 nitrogen and oxygen atoms in total. The van der Waals surface area contributed by atoms with Crippen LogP contribution in [0.4, 0.5) is 5.95 Å². The smallest absolute Gasteiger partial charge is 0.386 e. The molecule has 12 atom stereocenters. The number of ether oxygens (including phenoxy) is 5. The lowest BCUT2D eigenvalue weighted by Crippen LogP contribution is -2.37. The van der Waals surface area contributed by atoms with Gasteiger partial charge in [-0.15, -0.1) is 4.52 Å². The number of nitrogen functional groups attached to an aromatic ring is 1. The Kier molecular flexibility index (Phi) is 14.9. The molecule has 3 fully saturated rings. The van der Waals surface area contributed by atoms with Crippen molar-refractivity contribution in [2.75, 3.05) is 32.3 Å². The number of aliphatic hydroxyl groups excluding tert-OH is 1. The molecule has 0 saturated carbocycles. The number of phosphoric acid groups is 2. The van der Waals surface area contributed by atoms with Crippen molar-refractivity contribution in [1.29, 1.82) is 0 Å². The molecule has 380 valence electrons. The second kappa shape index (κ2) is 20.1. The number of rotatable bonds is 6. The van der Waals surface area contributed by atoms with Gasteiger partial charge in [0.1, 0.15) is 68.6 Å². The number of phosphoric ester groups is 2. The first kappa shape index (κ1) is 51.1. The van der Waals surface area contributed by atoms with E-state index < -0.39 is 159 Å². The van der Waals surface area contributed by atoms with Crippen molar-refractivity contribution in [3.8, 4) is 0 Å². The van der Waals surface area contributed by atoms with E-state index in [1.54, 1.807) is 0 Å². The first-order valence-electron chi connectivity index (χ1n) is 20.7. The fraction of sp³-hybridized carbons (Fsp3) is 0.618. The normalized spacial score (nSPS) is 32.4. The zero-order chi connectivity index (χ0) is 49.7. The molecule has 4 aromatic heterocycles. The predicted octanol–water partition coefficient (Wildman–Crippen LogP) is -2.07. The van der Waals surface area contributed by atoms with Gasteiger partial charge in [0.25, 0.3) is 16.7 Å². The number of nitrogens with one attached hydrogen (secondary N) is 3. The van der Waals surface area contributed by atoms with Crippen molar-refractivity contribution < 1.29 is 84.6 Å². The first-order chi connectivity index (χ1) is 32.5. The number of hydrogen-bond donors (Lipinski definition) is 9. The third-order valence-corrected chi connectivity index (χ3v) is 14.1. The SMILES string of the molecule is Cc1cn([C@H]2C[C@@H]3O[P+](O)(O)OC[C@H]4O[C@@H](n5cnc6c(=O)[nH]c(N)nc65)[C@H](O)[C@@H]4OP(=O)(O)OC[C@H]4O[C@H](C[C@@H]4OP(=O)(O)OC(C)C)n4cc(c(=O)[nH]c4=O)COCOC[C@H]3O2)c(=O)[nH]c1=O. The lowest BCUT2D eigenvalue weighted by atomic mass is 10.1. The third-order valence-electron chi connectivity index (χ3n) is 10.9. The van der Waals surface area contributed by atoms with E-state index in [-0.39, 0.29) is 34.7 Å². The minimum absolute atomic E-state index is 0.131. The topological polar surface area (TPSA) is 436 Å². The van der Waals surface area contributed by atoms with Crippen LogP contribution in [0.3, 0.4) is 0 Å². The molecule has 0 aliphatic carbocycles. The van der Waals surface area contributed by atoms with Crippen molar-refractivity contribution in [1.82, 2.24) is 38.6 Å². The van der Waals surface area contributed by atoms with Gasteiger partial charge in [0, 0.05) is 30.8 Å². The number of aromatic amines is 3. The van der Waals surface area contributed by atoms with Crippen LogP contribution in [0.1, 0.15) is 56.5 Å². The van der Waals surface area contributed by atoms with Gasteiger partial charge in [0.15, 0.2) is 17.4 Å². The minimum Gasteiger partial charge on any atom is -0.386 e. The van der Waals surface area contributed by atoms with Gasteiger partial charge in [0.05, 0.1) is 37.8 Å². The fourth-order valence-electron chi connectivity index (χ4n) is 7.82. The number of fused-ring (bicyclic) bond motifs is 8. The van der Waals surface area contributed by atoms with Gasteiger partial charge < -0.3 is 44.3 Å². The van der Waals surface area contributed by atoms with Gasteiger partial charge >= 0.3 is 35.2 Å². The van der Waals surface area contributed by atoms with Crippen LogP contribution in [-0.2, 0) is 66.6 Å². The Labute approximate surface area is 385 Å². The molecule has 0 spiro atoms. The highest BCUT2D eigenvalue weighted by molar-refractivity contribution is 7.54.